The normalized spacial score (nSPS) is 41.6. The molecule has 3 aliphatic rings. The first-order valence-corrected chi connectivity index (χ1v) is 18.2. The summed E-state index contributed by atoms with van der Waals surface area (Å²) in [6.45, 7) is 17.2. The van der Waals surface area contributed by atoms with Gasteiger partial charge in [0.25, 0.3) is 7.98 Å². The Morgan fingerprint density at radius 3 is 2.37 bits per heavy atom. The van der Waals surface area contributed by atoms with Crippen LogP contribution in [0, 0.1) is 29.6 Å². The van der Waals surface area contributed by atoms with Gasteiger partial charge in [0.1, 0.15) is 24.0 Å². The Labute approximate surface area is 303 Å². The molecule has 3 fully saturated rings. The van der Waals surface area contributed by atoms with Crippen molar-refractivity contribution in [1.29, 1.82) is 0 Å². The van der Waals surface area contributed by atoms with E-state index in [1.165, 1.54) is 0 Å². The van der Waals surface area contributed by atoms with Crippen molar-refractivity contribution in [3.8, 4) is 0 Å². The molecule has 0 spiro atoms. The predicted octanol–water partition coefficient (Wildman–Crippen LogP) is 2.27. The molecule has 3 saturated heterocycles. The van der Waals surface area contributed by atoms with Gasteiger partial charge in [0.05, 0.1) is 29.4 Å². The van der Waals surface area contributed by atoms with E-state index in [9.17, 15) is 19.5 Å². The quantitative estimate of drug-likeness (QED) is 0.173. The van der Waals surface area contributed by atoms with Gasteiger partial charge >= 0.3 is 12.1 Å². The van der Waals surface area contributed by atoms with Gasteiger partial charge in [0, 0.05) is 44.1 Å². The second-order valence-corrected chi connectivity index (χ2v) is 15.6. The fourth-order valence-electron chi connectivity index (χ4n) is 8.54. The van der Waals surface area contributed by atoms with E-state index in [0.717, 1.165) is 15.3 Å². The van der Waals surface area contributed by atoms with Crippen molar-refractivity contribution in [1.82, 2.24) is 24.8 Å². The SMILES string of the molecule is [B]n1cc(CCN(C)C2C[C@@H](C)O[C@H](O[C@@H]3[C@@H](C)[C@H](C)[C@@H](C)C(=O)O[C@H](CC)[C@@]4(C)OC(=O)N(N)[C@@H]4[C@H](C)C(=O)[C@H](C)C[C@@]3(C)OC)C2O)nn1. The Morgan fingerprint density at radius 2 is 1.78 bits per heavy atom. The molecule has 1 amide bonds. The number of hydrogen-bond acceptors (Lipinski definition) is 13. The van der Waals surface area contributed by atoms with Crippen LogP contribution >= 0.6 is 0 Å². The fourth-order valence-corrected chi connectivity index (χ4v) is 8.54. The summed E-state index contributed by atoms with van der Waals surface area (Å²) in [5.74, 6) is 2.98. The van der Waals surface area contributed by atoms with Gasteiger partial charge in [-0.05, 0) is 58.9 Å². The van der Waals surface area contributed by atoms with Crippen LogP contribution in [0.25, 0.3) is 0 Å². The first kappa shape index (κ1) is 41.1. The molecule has 4 rings (SSSR count). The molecule has 3 aliphatic heterocycles. The van der Waals surface area contributed by atoms with Crippen molar-refractivity contribution in [2.45, 2.75) is 142 Å². The second-order valence-electron chi connectivity index (χ2n) is 15.6. The van der Waals surface area contributed by atoms with Gasteiger partial charge in [-0.2, -0.15) is 0 Å². The number of fused-ring (bicyclic) bond motifs is 1. The summed E-state index contributed by atoms with van der Waals surface area (Å²) in [4.78, 5) is 43.0. The van der Waals surface area contributed by atoms with Crippen molar-refractivity contribution in [2.75, 3.05) is 20.7 Å². The van der Waals surface area contributed by atoms with Crippen LogP contribution in [0.5, 0.6) is 0 Å². The Morgan fingerprint density at radius 1 is 1.12 bits per heavy atom. The molecule has 0 aliphatic carbocycles. The predicted molar refractivity (Wildman–Crippen MR) is 187 cm³/mol. The minimum absolute atomic E-state index is 0.159. The van der Waals surface area contributed by atoms with E-state index in [2.05, 4.69) is 15.2 Å². The maximum Gasteiger partial charge on any atom is 0.425 e. The fraction of sp³-hybridized carbons (Fsp3) is 0.857. The summed E-state index contributed by atoms with van der Waals surface area (Å²) >= 11 is 0. The Hall–Kier alpha value is -2.63. The van der Waals surface area contributed by atoms with E-state index in [-0.39, 0.29) is 36.2 Å². The number of hydrazine groups is 1. The summed E-state index contributed by atoms with van der Waals surface area (Å²) < 4.78 is 32.5. The number of carbonyl (C=O) groups excluding carboxylic acids is 3. The van der Waals surface area contributed by atoms with Crippen LogP contribution in [0.2, 0.25) is 0 Å². The zero-order chi connectivity index (χ0) is 38.2. The highest BCUT2D eigenvalue weighted by molar-refractivity contribution is 6.05. The van der Waals surface area contributed by atoms with E-state index in [4.69, 9.17) is 37.5 Å². The number of methoxy groups -OCH3 is 1. The summed E-state index contributed by atoms with van der Waals surface area (Å²) in [5.41, 5.74) is -1.72. The molecular weight excluding hydrogens is 659 g/mol. The molecular formula is C35H59BN6O9. The van der Waals surface area contributed by atoms with E-state index < -0.39 is 71.7 Å². The highest BCUT2D eigenvalue weighted by atomic mass is 16.7. The lowest BCUT2D eigenvalue weighted by Crippen LogP contribution is -2.60. The summed E-state index contributed by atoms with van der Waals surface area (Å²) in [6, 6.07) is -1.20. The monoisotopic (exact) mass is 718 g/mol. The summed E-state index contributed by atoms with van der Waals surface area (Å²) in [6.07, 6.45) is -1.34. The largest absolute Gasteiger partial charge is 0.458 e. The van der Waals surface area contributed by atoms with Gasteiger partial charge in [-0.3, -0.25) is 9.59 Å². The minimum Gasteiger partial charge on any atom is -0.458 e. The number of nitrogens with two attached hydrogens (primary N) is 1. The van der Waals surface area contributed by atoms with Crippen molar-refractivity contribution in [3.63, 3.8) is 0 Å². The average Bonchev–Trinajstić information content (AvgIpc) is 3.61. The average molecular weight is 719 g/mol. The second kappa shape index (κ2) is 16.2. The molecule has 0 aromatic carbocycles. The van der Waals surface area contributed by atoms with Crippen molar-refractivity contribution < 1.29 is 43.2 Å². The molecule has 1 aromatic rings. The molecule has 15 nitrogen and oxygen atoms in total. The standard InChI is InChI=1S/C35H59BN6O9/c1-12-26-35(9)29(42(37)33(46)51-35)23(7)27(43)18(2)16-34(8,47-11)30(21(5)20(4)22(6)31(45)49-26)50-32-28(44)25(15-19(3)48-32)40(10)14-13-24-17-41(36)39-38-24/h17-23,25-26,28-30,32,44H,12-16,37H2,1-11H3/t18-,19-,20+,21+,22-,23-,25?,26-,28?,29-,30-,32-,34-,35-/m1/s1. The van der Waals surface area contributed by atoms with Gasteiger partial charge in [-0.25, -0.2) is 15.6 Å². The number of esters is 1. The van der Waals surface area contributed by atoms with Gasteiger partial charge in [0.2, 0.25) is 0 Å². The Kier molecular flexibility index (Phi) is 13.0. The number of nitrogens with zero attached hydrogens (tertiary/aromatic N) is 5. The number of aliphatic hydroxyl groups is 1. The summed E-state index contributed by atoms with van der Waals surface area (Å²) in [7, 11) is 9.17. The number of ketones is 1. The van der Waals surface area contributed by atoms with Gasteiger partial charge in [-0.1, -0.05) is 46.8 Å². The van der Waals surface area contributed by atoms with Crippen LogP contribution < -0.4 is 5.84 Å². The zero-order valence-corrected chi connectivity index (χ0v) is 32.1. The molecule has 286 valence electrons. The van der Waals surface area contributed by atoms with Crippen LogP contribution in [0.4, 0.5) is 4.79 Å². The number of aliphatic hydroxyl groups excluding tert-OH is 1. The maximum absolute atomic E-state index is 14.2. The lowest BCUT2D eigenvalue weighted by Gasteiger charge is -2.48. The molecule has 2 unspecified atom stereocenters. The van der Waals surface area contributed by atoms with E-state index in [1.54, 1.807) is 34.1 Å². The molecule has 2 radical (unpaired) electrons. The number of cyclic esters (lactones) is 1. The van der Waals surface area contributed by atoms with Gasteiger partial charge in [-0.15, -0.1) is 5.10 Å². The maximum atomic E-state index is 14.2. The molecule has 16 heteroatoms. The first-order chi connectivity index (χ1) is 23.8. The Balaban J connectivity index is 1.68. The molecule has 0 bridgehead atoms. The number of Topliss-reactive ketones (excluding diaryl/α,β-unsaturated/α-hetero) is 1. The lowest BCUT2D eigenvalue weighted by atomic mass is 9.71. The molecule has 3 N–H and O–H groups in total. The smallest absolute Gasteiger partial charge is 0.425 e. The zero-order valence-electron chi connectivity index (χ0n) is 32.1. The number of likely N-dealkylation sites (N-methyl/N-ethyl adjacent to an activating group) is 1. The molecule has 4 heterocycles. The van der Waals surface area contributed by atoms with Gasteiger partial charge in [0.15, 0.2) is 11.9 Å². The number of hydrogen-bond donors (Lipinski definition) is 2. The van der Waals surface area contributed by atoms with Crippen LogP contribution in [0.3, 0.4) is 0 Å². The third-order valence-electron chi connectivity index (χ3n) is 12.1. The summed E-state index contributed by atoms with van der Waals surface area (Å²) in [5, 5.41) is 20.6. The first-order valence-electron chi connectivity index (χ1n) is 18.2. The molecule has 14 atom stereocenters. The highest BCUT2D eigenvalue weighted by Gasteiger charge is 2.60. The third kappa shape index (κ3) is 8.30. The van der Waals surface area contributed by atoms with Crippen LogP contribution in [-0.4, -0.2) is 130 Å². The van der Waals surface area contributed by atoms with E-state index >= 15 is 0 Å². The van der Waals surface area contributed by atoms with Gasteiger partial charge < -0.3 is 38.3 Å². The van der Waals surface area contributed by atoms with Crippen molar-refractivity contribution >= 4 is 25.8 Å². The van der Waals surface area contributed by atoms with Crippen LogP contribution in [0.15, 0.2) is 6.20 Å². The molecule has 51 heavy (non-hydrogen) atoms. The topological polar surface area (TPSA) is 181 Å². The number of ether oxygens (including phenoxy) is 5. The van der Waals surface area contributed by atoms with E-state index in [0.29, 0.717) is 25.8 Å². The number of aromatic nitrogens is 3. The van der Waals surface area contributed by atoms with Crippen molar-refractivity contribution in [2.24, 2.45) is 35.4 Å². The van der Waals surface area contributed by atoms with Crippen molar-refractivity contribution in [3.05, 3.63) is 11.9 Å². The van der Waals surface area contributed by atoms with E-state index in [1.807, 2.05) is 48.6 Å². The molecule has 1 aromatic heterocycles. The minimum atomic E-state index is -1.36. The number of rotatable bonds is 8. The highest BCUT2D eigenvalue weighted by Crippen LogP contribution is 2.43. The van der Waals surface area contributed by atoms with Crippen LogP contribution in [0.1, 0.15) is 87.3 Å². The van der Waals surface area contributed by atoms with Crippen LogP contribution in [-0.2, 0) is 39.7 Å². The number of carbonyl (C=O) groups is 3. The Bertz CT molecular complexity index is 1390. The number of amides is 1. The molecule has 0 saturated carbocycles. The lowest BCUT2D eigenvalue weighted by molar-refractivity contribution is -0.300. The third-order valence-corrected chi connectivity index (χ3v) is 12.1.